The summed E-state index contributed by atoms with van der Waals surface area (Å²) in [7, 11) is 0. The fourth-order valence-electron chi connectivity index (χ4n) is 2.86. The fourth-order valence-corrected chi connectivity index (χ4v) is 2.86. The topological polar surface area (TPSA) is 55.5 Å². The first-order chi connectivity index (χ1) is 10.2. The quantitative estimate of drug-likeness (QED) is 0.691. The number of benzene rings is 1. The van der Waals surface area contributed by atoms with Crippen LogP contribution in [0.5, 0.6) is 5.75 Å². The Kier molecular flexibility index (Phi) is 8.40. The number of hydrogen-bond donors (Lipinski definition) is 2. The lowest BCUT2D eigenvalue weighted by atomic mass is 9.82. The molecule has 0 bridgehead atoms. The molecule has 0 aliphatic rings. The zero-order valence-corrected chi connectivity index (χ0v) is 13.7. The smallest absolute Gasteiger partial charge is 0.119 e. The monoisotopic (exact) mass is 293 g/mol. The minimum absolute atomic E-state index is 0.00230. The van der Waals surface area contributed by atoms with Gasteiger partial charge in [0, 0.05) is 12.5 Å². The molecule has 0 saturated carbocycles. The largest absolute Gasteiger partial charge is 0.494 e. The van der Waals surface area contributed by atoms with E-state index in [-0.39, 0.29) is 12.0 Å². The summed E-state index contributed by atoms with van der Waals surface area (Å²) in [5, 5.41) is 10.7. The Morgan fingerprint density at radius 1 is 1.14 bits per heavy atom. The molecular weight excluding hydrogens is 262 g/mol. The van der Waals surface area contributed by atoms with E-state index < -0.39 is 0 Å². The third kappa shape index (κ3) is 5.33. The Balaban J connectivity index is 2.79. The molecular formula is C18H31NO2. The second-order valence-corrected chi connectivity index (χ2v) is 5.65. The van der Waals surface area contributed by atoms with Gasteiger partial charge in [-0.05, 0) is 37.0 Å². The predicted molar refractivity (Wildman–Crippen MR) is 88.7 cm³/mol. The SMILES string of the molecule is CCCCC(CC)C(O)C(CN)c1ccc(OCC)cc1. The Bertz CT molecular complexity index is 377. The third-order valence-corrected chi connectivity index (χ3v) is 4.22. The number of rotatable bonds is 10. The summed E-state index contributed by atoms with van der Waals surface area (Å²) in [5.74, 6) is 1.19. The molecule has 0 aliphatic carbocycles. The van der Waals surface area contributed by atoms with Crippen molar-refractivity contribution in [2.75, 3.05) is 13.2 Å². The molecule has 21 heavy (non-hydrogen) atoms. The molecule has 0 aliphatic heterocycles. The summed E-state index contributed by atoms with van der Waals surface area (Å²) >= 11 is 0. The summed E-state index contributed by atoms with van der Waals surface area (Å²) in [6.07, 6.45) is 4.02. The van der Waals surface area contributed by atoms with Crippen LogP contribution < -0.4 is 10.5 Å². The van der Waals surface area contributed by atoms with Crippen LogP contribution in [0.1, 0.15) is 57.9 Å². The molecule has 1 aromatic carbocycles. The Labute approximate surface area is 129 Å². The van der Waals surface area contributed by atoms with Crippen LogP contribution in [0, 0.1) is 5.92 Å². The van der Waals surface area contributed by atoms with Crippen LogP contribution in [0.25, 0.3) is 0 Å². The molecule has 0 amide bonds. The van der Waals surface area contributed by atoms with Gasteiger partial charge in [-0.25, -0.2) is 0 Å². The van der Waals surface area contributed by atoms with E-state index in [9.17, 15) is 5.11 Å². The van der Waals surface area contributed by atoms with E-state index in [1.807, 2.05) is 31.2 Å². The predicted octanol–water partition coefficient (Wildman–Crippen LogP) is 3.70. The summed E-state index contributed by atoms with van der Waals surface area (Å²) in [6.45, 7) is 7.44. The van der Waals surface area contributed by atoms with E-state index in [1.54, 1.807) is 0 Å². The minimum atomic E-state index is -0.371. The first-order valence-electron chi connectivity index (χ1n) is 8.28. The molecule has 0 heterocycles. The third-order valence-electron chi connectivity index (χ3n) is 4.22. The van der Waals surface area contributed by atoms with Crippen molar-refractivity contribution >= 4 is 0 Å². The highest BCUT2D eigenvalue weighted by Crippen LogP contribution is 2.29. The molecule has 1 aromatic rings. The van der Waals surface area contributed by atoms with Crippen LogP contribution >= 0.6 is 0 Å². The van der Waals surface area contributed by atoms with Crippen molar-refractivity contribution in [3.8, 4) is 5.75 Å². The van der Waals surface area contributed by atoms with Crippen molar-refractivity contribution < 1.29 is 9.84 Å². The molecule has 0 saturated heterocycles. The molecule has 0 spiro atoms. The van der Waals surface area contributed by atoms with Gasteiger partial charge in [0.15, 0.2) is 0 Å². The lowest BCUT2D eigenvalue weighted by Crippen LogP contribution is -2.32. The van der Waals surface area contributed by atoms with Crippen LogP contribution in [0.3, 0.4) is 0 Å². The maximum absolute atomic E-state index is 10.7. The van der Waals surface area contributed by atoms with Crippen LogP contribution in [-0.4, -0.2) is 24.4 Å². The number of nitrogens with two attached hydrogens (primary N) is 1. The van der Waals surface area contributed by atoms with Crippen molar-refractivity contribution in [1.82, 2.24) is 0 Å². The molecule has 1 rings (SSSR count). The first-order valence-corrected chi connectivity index (χ1v) is 8.28. The number of hydrogen-bond acceptors (Lipinski definition) is 3. The van der Waals surface area contributed by atoms with Crippen molar-refractivity contribution in [1.29, 1.82) is 0 Å². The average Bonchev–Trinajstić information content (AvgIpc) is 2.51. The summed E-state index contributed by atoms with van der Waals surface area (Å²) in [4.78, 5) is 0. The highest BCUT2D eigenvalue weighted by molar-refractivity contribution is 5.30. The van der Waals surface area contributed by atoms with Crippen molar-refractivity contribution in [3.05, 3.63) is 29.8 Å². The van der Waals surface area contributed by atoms with Crippen LogP contribution in [0.15, 0.2) is 24.3 Å². The van der Waals surface area contributed by atoms with Gasteiger partial charge in [-0.2, -0.15) is 0 Å². The zero-order chi connectivity index (χ0) is 15.7. The Hall–Kier alpha value is -1.06. The fraction of sp³-hybridized carbons (Fsp3) is 0.667. The lowest BCUT2D eigenvalue weighted by Gasteiger charge is -2.29. The van der Waals surface area contributed by atoms with Gasteiger partial charge < -0.3 is 15.6 Å². The van der Waals surface area contributed by atoms with Gasteiger partial charge in [0.1, 0.15) is 5.75 Å². The van der Waals surface area contributed by atoms with Crippen LogP contribution in [0.2, 0.25) is 0 Å². The molecule has 0 radical (unpaired) electrons. The van der Waals surface area contributed by atoms with Gasteiger partial charge in [-0.3, -0.25) is 0 Å². The van der Waals surface area contributed by atoms with Gasteiger partial charge in [0.05, 0.1) is 12.7 Å². The van der Waals surface area contributed by atoms with Gasteiger partial charge in [-0.1, -0.05) is 45.2 Å². The maximum Gasteiger partial charge on any atom is 0.119 e. The molecule has 0 fully saturated rings. The van der Waals surface area contributed by atoms with E-state index in [4.69, 9.17) is 10.5 Å². The van der Waals surface area contributed by atoms with Crippen molar-refractivity contribution in [2.45, 2.75) is 58.5 Å². The van der Waals surface area contributed by atoms with Gasteiger partial charge in [0.2, 0.25) is 0 Å². The molecule has 3 N–H and O–H groups in total. The Morgan fingerprint density at radius 2 is 1.81 bits per heavy atom. The van der Waals surface area contributed by atoms with E-state index in [1.165, 1.54) is 6.42 Å². The zero-order valence-electron chi connectivity index (χ0n) is 13.7. The molecule has 3 unspecified atom stereocenters. The molecule has 3 nitrogen and oxygen atoms in total. The molecule has 3 heteroatoms. The maximum atomic E-state index is 10.7. The van der Waals surface area contributed by atoms with Crippen LogP contribution in [0.4, 0.5) is 0 Å². The van der Waals surface area contributed by atoms with Crippen molar-refractivity contribution in [2.24, 2.45) is 11.7 Å². The number of ether oxygens (including phenoxy) is 1. The summed E-state index contributed by atoms with van der Waals surface area (Å²) in [5.41, 5.74) is 7.03. The van der Waals surface area contributed by atoms with Crippen LogP contribution in [-0.2, 0) is 0 Å². The highest BCUT2D eigenvalue weighted by atomic mass is 16.5. The van der Waals surface area contributed by atoms with Gasteiger partial charge in [0.25, 0.3) is 0 Å². The standard InChI is InChI=1S/C18H31NO2/c1-4-7-8-14(5-2)18(20)17(13-19)15-9-11-16(12-10-15)21-6-3/h9-12,14,17-18,20H,4-8,13,19H2,1-3H3. The average molecular weight is 293 g/mol. The second-order valence-electron chi connectivity index (χ2n) is 5.65. The normalized spacial score (nSPS) is 15.5. The highest BCUT2D eigenvalue weighted by Gasteiger charge is 2.26. The van der Waals surface area contributed by atoms with Gasteiger partial charge >= 0.3 is 0 Å². The number of aliphatic hydroxyl groups is 1. The second kappa shape index (κ2) is 9.80. The van der Waals surface area contributed by atoms with E-state index in [0.717, 1.165) is 30.6 Å². The Morgan fingerprint density at radius 3 is 2.29 bits per heavy atom. The van der Waals surface area contributed by atoms with Crippen molar-refractivity contribution in [3.63, 3.8) is 0 Å². The summed E-state index contributed by atoms with van der Waals surface area (Å²) < 4.78 is 5.46. The number of aliphatic hydroxyl groups excluding tert-OH is 1. The van der Waals surface area contributed by atoms with E-state index in [2.05, 4.69) is 13.8 Å². The van der Waals surface area contributed by atoms with Gasteiger partial charge in [-0.15, -0.1) is 0 Å². The van der Waals surface area contributed by atoms with E-state index >= 15 is 0 Å². The minimum Gasteiger partial charge on any atom is -0.494 e. The first kappa shape index (κ1) is 18.0. The molecule has 120 valence electrons. The lowest BCUT2D eigenvalue weighted by molar-refractivity contribution is 0.0743. The molecule has 0 aromatic heterocycles. The van der Waals surface area contributed by atoms with E-state index in [0.29, 0.717) is 19.1 Å². The molecule has 3 atom stereocenters. The number of unbranched alkanes of at least 4 members (excludes halogenated alkanes) is 1. The summed E-state index contributed by atoms with van der Waals surface area (Å²) in [6, 6.07) is 7.97.